The summed E-state index contributed by atoms with van der Waals surface area (Å²) in [5.74, 6) is 0. The van der Waals surface area contributed by atoms with Crippen molar-refractivity contribution in [3.63, 3.8) is 0 Å². The molecule has 29 heavy (non-hydrogen) atoms. The Morgan fingerprint density at radius 3 is 2.07 bits per heavy atom. The SMILES string of the molecule is COC1C(O)Cn2c3ccccc3c3ccc4c5ccccc5n(c4c32)C1OC. The fraction of sp³-hybridized carbons (Fsp3) is 0.250. The summed E-state index contributed by atoms with van der Waals surface area (Å²) in [7, 11) is 3.32. The van der Waals surface area contributed by atoms with Crippen molar-refractivity contribution >= 4 is 43.6 Å². The standard InChI is InChI=1S/C24H22N2O3/c1-28-23-20(27)13-25-18-9-5-3-7-14(18)16-11-12-17-15-8-4-6-10-19(15)26(24(23)29-2)22(17)21(16)25/h3-12,20,23-24,27H,13H2,1-2H3. The van der Waals surface area contributed by atoms with Crippen molar-refractivity contribution in [2.45, 2.75) is 25.0 Å². The molecule has 1 N–H and O–H groups in total. The van der Waals surface area contributed by atoms with Gasteiger partial charge in [0.05, 0.1) is 23.1 Å². The molecule has 0 aliphatic carbocycles. The van der Waals surface area contributed by atoms with Gasteiger partial charge < -0.3 is 23.7 Å². The van der Waals surface area contributed by atoms with Gasteiger partial charge in [-0.2, -0.15) is 0 Å². The lowest BCUT2D eigenvalue weighted by Crippen LogP contribution is -2.41. The zero-order valence-electron chi connectivity index (χ0n) is 16.4. The summed E-state index contributed by atoms with van der Waals surface area (Å²) in [5, 5.41) is 15.9. The monoisotopic (exact) mass is 386 g/mol. The maximum atomic E-state index is 11.2. The molecule has 6 rings (SSSR count). The van der Waals surface area contributed by atoms with E-state index in [0.29, 0.717) is 6.54 Å². The lowest BCUT2D eigenvalue weighted by Gasteiger charge is -2.33. The summed E-state index contributed by atoms with van der Waals surface area (Å²) in [4.78, 5) is 0. The number of benzene rings is 3. The number of hydrogen-bond acceptors (Lipinski definition) is 3. The third kappa shape index (κ3) is 2.10. The van der Waals surface area contributed by atoms with Crippen molar-refractivity contribution in [3.05, 3.63) is 60.7 Å². The summed E-state index contributed by atoms with van der Waals surface area (Å²) in [6, 6.07) is 21.2. The van der Waals surface area contributed by atoms with E-state index in [9.17, 15) is 5.11 Å². The summed E-state index contributed by atoms with van der Waals surface area (Å²) in [6.07, 6.45) is -1.65. The Kier molecular flexibility index (Phi) is 3.56. The first-order valence-corrected chi connectivity index (χ1v) is 9.91. The van der Waals surface area contributed by atoms with Crippen LogP contribution in [0, 0.1) is 0 Å². The third-order valence-corrected chi connectivity index (χ3v) is 6.40. The molecule has 0 radical (unpaired) electrons. The van der Waals surface area contributed by atoms with Crippen LogP contribution in [0.2, 0.25) is 0 Å². The van der Waals surface area contributed by atoms with Crippen molar-refractivity contribution in [1.82, 2.24) is 9.13 Å². The van der Waals surface area contributed by atoms with Gasteiger partial charge in [-0.15, -0.1) is 0 Å². The van der Waals surface area contributed by atoms with Gasteiger partial charge >= 0.3 is 0 Å². The van der Waals surface area contributed by atoms with Crippen LogP contribution in [0.1, 0.15) is 6.23 Å². The zero-order chi connectivity index (χ0) is 19.7. The molecule has 3 aromatic carbocycles. The molecule has 2 aromatic heterocycles. The number of ether oxygens (including phenoxy) is 2. The first kappa shape index (κ1) is 17.0. The summed E-state index contributed by atoms with van der Waals surface area (Å²) < 4.78 is 16.2. The fourth-order valence-electron chi connectivity index (χ4n) is 5.22. The van der Waals surface area contributed by atoms with E-state index >= 15 is 0 Å². The Bertz CT molecular complexity index is 1400. The van der Waals surface area contributed by atoms with Crippen LogP contribution in [0.5, 0.6) is 0 Å². The molecule has 0 amide bonds. The fourth-order valence-corrected chi connectivity index (χ4v) is 5.22. The van der Waals surface area contributed by atoms with Crippen molar-refractivity contribution in [1.29, 1.82) is 0 Å². The Morgan fingerprint density at radius 1 is 0.759 bits per heavy atom. The number of rotatable bonds is 2. The van der Waals surface area contributed by atoms with Gasteiger partial charge in [-0.3, -0.25) is 0 Å². The van der Waals surface area contributed by atoms with Crippen LogP contribution >= 0.6 is 0 Å². The highest BCUT2D eigenvalue weighted by molar-refractivity contribution is 6.22. The van der Waals surface area contributed by atoms with Gasteiger partial charge in [0.25, 0.3) is 0 Å². The molecule has 3 unspecified atom stereocenters. The minimum Gasteiger partial charge on any atom is -0.388 e. The molecule has 5 nitrogen and oxygen atoms in total. The van der Waals surface area contributed by atoms with E-state index < -0.39 is 18.4 Å². The Hall–Kier alpha value is -2.86. The number of para-hydroxylation sites is 2. The van der Waals surface area contributed by atoms with E-state index in [1.807, 2.05) is 12.1 Å². The summed E-state index contributed by atoms with van der Waals surface area (Å²) in [6.45, 7) is 0.447. The predicted octanol–water partition coefficient (Wildman–Crippen LogP) is 4.44. The number of methoxy groups -OCH3 is 2. The van der Waals surface area contributed by atoms with Gasteiger partial charge in [0.15, 0.2) is 6.23 Å². The van der Waals surface area contributed by atoms with Crippen LogP contribution in [0.15, 0.2) is 60.7 Å². The smallest absolute Gasteiger partial charge is 0.163 e. The van der Waals surface area contributed by atoms with Crippen molar-refractivity contribution in [3.8, 4) is 0 Å². The van der Waals surface area contributed by atoms with Crippen LogP contribution in [0.25, 0.3) is 43.6 Å². The molecule has 1 aliphatic rings. The van der Waals surface area contributed by atoms with Gasteiger partial charge in [0.2, 0.25) is 0 Å². The number of aliphatic hydroxyl groups excluding tert-OH is 1. The van der Waals surface area contributed by atoms with E-state index in [0.717, 1.165) is 22.1 Å². The van der Waals surface area contributed by atoms with Crippen molar-refractivity contribution < 1.29 is 14.6 Å². The minimum atomic E-state index is -0.714. The van der Waals surface area contributed by atoms with E-state index in [1.165, 1.54) is 21.5 Å². The lowest BCUT2D eigenvalue weighted by molar-refractivity contribution is -0.126. The molecule has 0 saturated carbocycles. The molecular formula is C24H22N2O3. The van der Waals surface area contributed by atoms with Crippen molar-refractivity contribution in [2.75, 3.05) is 14.2 Å². The Morgan fingerprint density at radius 2 is 1.38 bits per heavy atom. The Balaban J connectivity index is 1.92. The first-order valence-electron chi connectivity index (χ1n) is 9.91. The van der Waals surface area contributed by atoms with E-state index in [1.54, 1.807) is 14.2 Å². The second-order valence-corrected chi connectivity index (χ2v) is 7.77. The number of hydrogen-bond donors (Lipinski definition) is 1. The topological polar surface area (TPSA) is 48.5 Å². The van der Waals surface area contributed by atoms with Crippen LogP contribution < -0.4 is 0 Å². The van der Waals surface area contributed by atoms with E-state index in [-0.39, 0.29) is 0 Å². The third-order valence-electron chi connectivity index (χ3n) is 6.40. The highest BCUT2D eigenvalue weighted by Gasteiger charge is 2.35. The maximum Gasteiger partial charge on any atom is 0.163 e. The van der Waals surface area contributed by atoms with Crippen LogP contribution in [0.3, 0.4) is 0 Å². The summed E-state index contributed by atoms with van der Waals surface area (Å²) >= 11 is 0. The molecule has 146 valence electrons. The number of fused-ring (bicyclic) bond motifs is 6. The molecular weight excluding hydrogens is 364 g/mol. The molecule has 3 atom stereocenters. The highest BCUT2D eigenvalue weighted by Crippen LogP contribution is 2.42. The van der Waals surface area contributed by atoms with Crippen LogP contribution in [-0.4, -0.2) is 40.7 Å². The van der Waals surface area contributed by atoms with Gasteiger partial charge in [-0.05, 0) is 12.1 Å². The van der Waals surface area contributed by atoms with Crippen LogP contribution in [-0.2, 0) is 16.0 Å². The number of aliphatic hydroxyl groups is 1. The average Bonchev–Trinajstić information content (AvgIpc) is 3.24. The molecule has 1 aliphatic heterocycles. The first-order chi connectivity index (χ1) is 14.2. The minimum absolute atomic E-state index is 0.435. The number of aromatic nitrogens is 2. The molecule has 5 aromatic rings. The second kappa shape index (κ2) is 6.07. The number of nitrogens with zero attached hydrogens (tertiary/aromatic N) is 2. The molecule has 0 spiro atoms. The summed E-state index contributed by atoms with van der Waals surface area (Å²) in [5.41, 5.74) is 4.46. The van der Waals surface area contributed by atoms with E-state index in [2.05, 4.69) is 57.7 Å². The predicted molar refractivity (Wildman–Crippen MR) is 115 cm³/mol. The quantitative estimate of drug-likeness (QED) is 0.488. The molecule has 0 saturated heterocycles. The molecule has 0 fully saturated rings. The van der Waals surface area contributed by atoms with Gasteiger partial charge in [0.1, 0.15) is 12.2 Å². The maximum absolute atomic E-state index is 11.2. The average molecular weight is 386 g/mol. The van der Waals surface area contributed by atoms with Crippen molar-refractivity contribution in [2.24, 2.45) is 0 Å². The van der Waals surface area contributed by atoms with Gasteiger partial charge in [-0.1, -0.05) is 48.5 Å². The van der Waals surface area contributed by atoms with Crippen LogP contribution in [0.4, 0.5) is 0 Å². The molecule has 3 heterocycles. The molecule has 0 bridgehead atoms. The lowest BCUT2D eigenvalue weighted by atomic mass is 10.1. The Labute approximate surface area is 167 Å². The zero-order valence-corrected chi connectivity index (χ0v) is 16.4. The van der Waals surface area contributed by atoms with Gasteiger partial charge in [0, 0.05) is 41.3 Å². The van der Waals surface area contributed by atoms with E-state index in [4.69, 9.17) is 9.47 Å². The second-order valence-electron chi connectivity index (χ2n) is 7.77. The largest absolute Gasteiger partial charge is 0.388 e. The van der Waals surface area contributed by atoms with Gasteiger partial charge in [-0.25, -0.2) is 0 Å². The highest BCUT2D eigenvalue weighted by atomic mass is 16.5. The normalized spacial score (nSPS) is 22.1. The molecule has 5 heteroatoms.